The number of azo groups is 1. The molecule has 0 spiro atoms. The summed E-state index contributed by atoms with van der Waals surface area (Å²) in [6, 6.07) is 10.9. The Morgan fingerprint density at radius 3 is 2.12 bits per heavy atom. The molecule has 5 heteroatoms. The summed E-state index contributed by atoms with van der Waals surface area (Å²) in [5, 5.41) is 24.9. The average Bonchev–Trinajstić information content (AvgIpc) is 2.28. The van der Waals surface area contributed by atoms with Crippen LogP contribution in [0.1, 0.15) is 13.9 Å². The Balaban J connectivity index is 0. The van der Waals surface area contributed by atoms with Crippen LogP contribution in [0.15, 0.2) is 34.5 Å². The second-order valence-corrected chi connectivity index (χ2v) is 3.33. The zero-order valence-electron chi connectivity index (χ0n) is 10.6. The van der Waals surface area contributed by atoms with E-state index in [1.807, 2.05) is 19.1 Å². The number of benzene rings is 1. The van der Waals surface area contributed by atoms with Crippen LogP contribution in [0.3, 0.4) is 0 Å². The standard InChI is InChI=1S/C11H10N4.Na.H/c1-9-3-5-10(6-4-9)14-15-11(2,7-12)8-13;;/h3-6H,1-2H3;;/q;+1;-1. The molecule has 0 unspecified atom stereocenters. The van der Waals surface area contributed by atoms with Gasteiger partial charge in [0.05, 0.1) is 5.69 Å². The summed E-state index contributed by atoms with van der Waals surface area (Å²) in [5.41, 5.74) is 0.361. The summed E-state index contributed by atoms with van der Waals surface area (Å²) in [5.74, 6) is 0. The Bertz CT molecular complexity index is 442. The normalized spacial score (nSPS) is 10.2. The summed E-state index contributed by atoms with van der Waals surface area (Å²) < 4.78 is 0. The number of rotatable bonds is 2. The van der Waals surface area contributed by atoms with Gasteiger partial charge < -0.3 is 1.43 Å². The topological polar surface area (TPSA) is 72.3 Å². The summed E-state index contributed by atoms with van der Waals surface area (Å²) in [6.45, 7) is 3.39. The molecular weight excluding hydrogens is 211 g/mol. The van der Waals surface area contributed by atoms with Gasteiger partial charge >= 0.3 is 29.6 Å². The van der Waals surface area contributed by atoms with Crippen molar-refractivity contribution in [3.05, 3.63) is 29.8 Å². The molecule has 0 N–H and O–H groups in total. The van der Waals surface area contributed by atoms with E-state index in [2.05, 4.69) is 10.2 Å². The van der Waals surface area contributed by atoms with Gasteiger partial charge in [-0.25, -0.2) is 0 Å². The molecule has 0 aliphatic heterocycles. The van der Waals surface area contributed by atoms with E-state index in [1.54, 1.807) is 24.3 Å². The van der Waals surface area contributed by atoms with Gasteiger partial charge in [-0.1, -0.05) is 17.7 Å². The Labute approximate surface area is 118 Å². The smallest absolute Gasteiger partial charge is 1.00 e. The monoisotopic (exact) mass is 222 g/mol. The largest absolute Gasteiger partial charge is 1.00 e. The number of aryl methyl sites for hydroxylation is 1. The number of nitriles is 2. The first-order chi connectivity index (χ1) is 7.09. The van der Waals surface area contributed by atoms with E-state index in [9.17, 15) is 0 Å². The van der Waals surface area contributed by atoms with Crippen molar-refractivity contribution >= 4 is 5.69 Å². The molecule has 1 aromatic rings. The Hall–Kier alpha value is -1.20. The van der Waals surface area contributed by atoms with Crippen LogP contribution in [0.2, 0.25) is 0 Å². The van der Waals surface area contributed by atoms with E-state index >= 15 is 0 Å². The van der Waals surface area contributed by atoms with E-state index < -0.39 is 5.54 Å². The van der Waals surface area contributed by atoms with Crippen molar-refractivity contribution in [3.8, 4) is 12.1 Å². The van der Waals surface area contributed by atoms with Gasteiger partial charge in [-0.3, -0.25) is 0 Å². The van der Waals surface area contributed by atoms with Gasteiger partial charge in [-0.15, -0.1) is 0 Å². The molecule has 0 fully saturated rings. The summed E-state index contributed by atoms with van der Waals surface area (Å²) in [7, 11) is 0. The molecule has 1 rings (SSSR count). The van der Waals surface area contributed by atoms with Crippen molar-refractivity contribution in [2.45, 2.75) is 19.4 Å². The molecule has 0 aliphatic rings. The molecule has 4 nitrogen and oxygen atoms in total. The van der Waals surface area contributed by atoms with Crippen LogP contribution < -0.4 is 29.6 Å². The third-order valence-electron chi connectivity index (χ3n) is 1.83. The molecule has 1 aromatic carbocycles. The van der Waals surface area contributed by atoms with Crippen LogP contribution in [-0.2, 0) is 0 Å². The fourth-order valence-electron chi connectivity index (χ4n) is 0.839. The van der Waals surface area contributed by atoms with Gasteiger partial charge in [0.1, 0.15) is 12.1 Å². The molecule has 76 valence electrons. The Morgan fingerprint density at radius 2 is 1.69 bits per heavy atom. The van der Waals surface area contributed by atoms with Crippen molar-refractivity contribution in [2.24, 2.45) is 10.2 Å². The Kier molecular flexibility index (Phi) is 5.92. The molecule has 0 aromatic heterocycles. The van der Waals surface area contributed by atoms with Gasteiger partial charge in [-0.05, 0) is 26.0 Å². The first kappa shape index (κ1) is 14.8. The molecule has 0 atom stereocenters. The van der Waals surface area contributed by atoms with Gasteiger partial charge in [0, 0.05) is 0 Å². The minimum atomic E-state index is -1.40. The van der Waals surface area contributed by atoms with E-state index in [0.717, 1.165) is 5.56 Å². The average molecular weight is 222 g/mol. The van der Waals surface area contributed by atoms with Crippen LogP contribution in [0.4, 0.5) is 5.69 Å². The minimum absolute atomic E-state index is 0. The summed E-state index contributed by atoms with van der Waals surface area (Å²) in [6.07, 6.45) is 0. The third kappa shape index (κ3) is 4.12. The molecule has 0 saturated heterocycles. The van der Waals surface area contributed by atoms with Crippen molar-refractivity contribution in [2.75, 3.05) is 0 Å². The Morgan fingerprint density at radius 1 is 1.19 bits per heavy atom. The van der Waals surface area contributed by atoms with Crippen LogP contribution in [-0.4, -0.2) is 5.54 Å². The second-order valence-electron chi connectivity index (χ2n) is 3.33. The maximum Gasteiger partial charge on any atom is 1.00 e. The molecule has 0 saturated carbocycles. The number of hydrogen-bond donors (Lipinski definition) is 0. The number of hydrogen-bond acceptors (Lipinski definition) is 4. The molecule has 16 heavy (non-hydrogen) atoms. The zero-order valence-corrected chi connectivity index (χ0v) is 11.6. The summed E-state index contributed by atoms with van der Waals surface area (Å²) in [4.78, 5) is 0. The first-order valence-corrected chi connectivity index (χ1v) is 4.42. The van der Waals surface area contributed by atoms with Crippen LogP contribution in [0.5, 0.6) is 0 Å². The van der Waals surface area contributed by atoms with Gasteiger partial charge in [0.2, 0.25) is 5.54 Å². The molecule has 0 heterocycles. The van der Waals surface area contributed by atoms with Gasteiger partial charge in [0.25, 0.3) is 0 Å². The summed E-state index contributed by atoms with van der Waals surface area (Å²) >= 11 is 0. The van der Waals surface area contributed by atoms with E-state index in [0.29, 0.717) is 5.69 Å². The molecule has 0 aliphatic carbocycles. The first-order valence-electron chi connectivity index (χ1n) is 4.42. The predicted octanol–water partition coefficient (Wildman–Crippen LogP) is 0.00108. The minimum Gasteiger partial charge on any atom is -1.00 e. The molecule has 0 bridgehead atoms. The van der Waals surface area contributed by atoms with Crippen molar-refractivity contribution in [1.82, 2.24) is 0 Å². The van der Waals surface area contributed by atoms with Crippen molar-refractivity contribution < 1.29 is 31.0 Å². The predicted molar refractivity (Wildman–Crippen MR) is 56.4 cm³/mol. The zero-order chi connectivity index (χ0) is 11.3. The van der Waals surface area contributed by atoms with E-state index in [-0.39, 0.29) is 31.0 Å². The van der Waals surface area contributed by atoms with E-state index in [1.165, 1.54) is 6.92 Å². The van der Waals surface area contributed by atoms with Crippen molar-refractivity contribution in [1.29, 1.82) is 10.5 Å². The SMILES string of the molecule is Cc1ccc(N=NC(C)(C#N)C#N)cc1.[H-].[Na+]. The maximum atomic E-state index is 8.68. The number of nitrogens with zero attached hydrogens (tertiary/aromatic N) is 4. The quantitative estimate of drug-likeness (QED) is 0.522. The van der Waals surface area contributed by atoms with Crippen molar-refractivity contribution in [3.63, 3.8) is 0 Å². The third-order valence-corrected chi connectivity index (χ3v) is 1.83. The second kappa shape index (κ2) is 6.40. The molecule has 0 amide bonds. The molecular formula is C11H11N4Na. The van der Waals surface area contributed by atoms with Crippen LogP contribution in [0, 0.1) is 29.6 Å². The van der Waals surface area contributed by atoms with Gasteiger partial charge in [-0.2, -0.15) is 20.8 Å². The molecule has 0 radical (unpaired) electrons. The fraction of sp³-hybridized carbons (Fsp3) is 0.273. The maximum absolute atomic E-state index is 8.68. The van der Waals surface area contributed by atoms with Crippen LogP contribution >= 0.6 is 0 Å². The van der Waals surface area contributed by atoms with Gasteiger partial charge in [0.15, 0.2) is 0 Å². The fourth-order valence-corrected chi connectivity index (χ4v) is 0.839. The van der Waals surface area contributed by atoms with Crippen LogP contribution in [0.25, 0.3) is 0 Å². The van der Waals surface area contributed by atoms with E-state index in [4.69, 9.17) is 10.5 Å².